The molecule has 33 heavy (non-hydrogen) atoms. The van der Waals surface area contributed by atoms with Crippen molar-refractivity contribution in [2.24, 2.45) is 0 Å². The molecule has 11 heteroatoms. The molecule has 1 aliphatic heterocycles. The highest BCUT2D eigenvalue weighted by Crippen LogP contribution is 2.30. The molecule has 1 fully saturated rings. The lowest BCUT2D eigenvalue weighted by Crippen LogP contribution is -2.22. The van der Waals surface area contributed by atoms with Gasteiger partial charge in [-0.1, -0.05) is 29.2 Å². The molecule has 1 atom stereocenters. The van der Waals surface area contributed by atoms with E-state index in [1.807, 2.05) is 18.4 Å². The van der Waals surface area contributed by atoms with Gasteiger partial charge < -0.3 is 19.9 Å². The zero-order valence-electron chi connectivity index (χ0n) is 18.2. The van der Waals surface area contributed by atoms with Crippen molar-refractivity contribution in [2.75, 3.05) is 23.0 Å². The van der Waals surface area contributed by atoms with E-state index in [4.69, 9.17) is 4.74 Å². The molecule has 1 saturated heterocycles. The topological polar surface area (TPSA) is 105 Å². The van der Waals surface area contributed by atoms with Crippen LogP contribution in [-0.2, 0) is 16.1 Å². The van der Waals surface area contributed by atoms with Gasteiger partial charge in [0.05, 0.1) is 24.0 Å². The van der Waals surface area contributed by atoms with E-state index in [-0.39, 0.29) is 23.6 Å². The zero-order chi connectivity index (χ0) is 23.4. The van der Waals surface area contributed by atoms with Crippen molar-refractivity contribution in [3.8, 4) is 6.07 Å². The van der Waals surface area contributed by atoms with Gasteiger partial charge in [0.25, 0.3) is 0 Å². The predicted molar refractivity (Wildman–Crippen MR) is 127 cm³/mol. The Morgan fingerprint density at radius 1 is 1.42 bits per heavy atom. The molecule has 0 saturated carbocycles. The SMILES string of the molecule is Cc1c(C#N)c(NC(=O)CSc2nnc(Nc3cccc(F)c3)s2)n(CC2CCCO2)c1C. The maximum Gasteiger partial charge on any atom is 0.235 e. The van der Waals surface area contributed by atoms with Gasteiger partial charge in [-0.05, 0) is 50.5 Å². The smallest absolute Gasteiger partial charge is 0.235 e. The fourth-order valence-electron chi connectivity index (χ4n) is 3.65. The Morgan fingerprint density at radius 2 is 2.27 bits per heavy atom. The summed E-state index contributed by atoms with van der Waals surface area (Å²) in [4.78, 5) is 12.7. The number of nitriles is 1. The van der Waals surface area contributed by atoms with Crippen LogP contribution in [-0.4, -0.2) is 39.1 Å². The maximum absolute atomic E-state index is 13.3. The molecule has 1 amide bonds. The number of ether oxygens (including phenoxy) is 1. The summed E-state index contributed by atoms with van der Waals surface area (Å²) in [6.07, 6.45) is 2.06. The molecule has 4 rings (SSSR count). The van der Waals surface area contributed by atoms with Crippen molar-refractivity contribution in [2.45, 2.75) is 43.7 Å². The fraction of sp³-hybridized carbons (Fsp3) is 0.364. The highest BCUT2D eigenvalue weighted by Gasteiger charge is 2.24. The van der Waals surface area contributed by atoms with Crippen molar-refractivity contribution in [3.05, 3.63) is 46.9 Å². The largest absolute Gasteiger partial charge is 0.376 e. The van der Waals surface area contributed by atoms with E-state index in [0.29, 0.717) is 33.1 Å². The molecule has 1 unspecified atom stereocenters. The second-order valence-corrected chi connectivity index (χ2v) is 9.84. The summed E-state index contributed by atoms with van der Waals surface area (Å²) in [6, 6.07) is 8.28. The number of aromatic nitrogens is 3. The Morgan fingerprint density at radius 3 is 3.00 bits per heavy atom. The van der Waals surface area contributed by atoms with Crippen LogP contribution in [0.1, 0.15) is 29.7 Å². The second kappa shape index (κ2) is 10.3. The average Bonchev–Trinajstić information content (AvgIpc) is 3.51. The minimum atomic E-state index is -0.345. The number of halogens is 1. The minimum Gasteiger partial charge on any atom is -0.376 e. The number of anilines is 3. The van der Waals surface area contributed by atoms with Crippen LogP contribution in [0.5, 0.6) is 0 Å². The van der Waals surface area contributed by atoms with E-state index >= 15 is 0 Å². The summed E-state index contributed by atoms with van der Waals surface area (Å²) < 4.78 is 21.7. The van der Waals surface area contributed by atoms with Crippen molar-refractivity contribution < 1.29 is 13.9 Å². The van der Waals surface area contributed by atoms with Gasteiger partial charge in [0.1, 0.15) is 17.7 Å². The number of benzene rings is 1. The molecular formula is C22H23FN6O2S2. The third-order valence-corrected chi connectivity index (χ3v) is 7.39. The third-order valence-electron chi connectivity index (χ3n) is 5.42. The number of hydrogen-bond acceptors (Lipinski definition) is 8. The summed E-state index contributed by atoms with van der Waals surface area (Å²) in [5.41, 5.74) is 2.85. The number of nitrogens with one attached hydrogen (secondary N) is 2. The average molecular weight is 487 g/mol. The number of carbonyl (C=O) groups is 1. The molecular weight excluding hydrogens is 463 g/mol. The van der Waals surface area contributed by atoms with Gasteiger partial charge in [-0.3, -0.25) is 4.79 Å². The predicted octanol–water partition coefficient (Wildman–Crippen LogP) is 4.62. The van der Waals surface area contributed by atoms with Crippen LogP contribution in [0.25, 0.3) is 0 Å². The fourth-order valence-corrected chi connectivity index (χ4v) is 5.23. The van der Waals surface area contributed by atoms with E-state index in [2.05, 4.69) is 26.9 Å². The van der Waals surface area contributed by atoms with Crippen LogP contribution >= 0.6 is 23.1 Å². The van der Waals surface area contributed by atoms with Crippen LogP contribution < -0.4 is 10.6 Å². The lowest BCUT2D eigenvalue weighted by Gasteiger charge is -2.16. The Hall–Kier alpha value is -2.94. The van der Waals surface area contributed by atoms with Crippen molar-refractivity contribution in [1.82, 2.24) is 14.8 Å². The Labute approximate surface area is 199 Å². The molecule has 1 aliphatic rings. The first-order valence-corrected chi connectivity index (χ1v) is 12.2. The van der Waals surface area contributed by atoms with Crippen LogP contribution in [0.2, 0.25) is 0 Å². The number of carbonyl (C=O) groups excluding carboxylic acids is 1. The van der Waals surface area contributed by atoms with E-state index in [1.54, 1.807) is 12.1 Å². The zero-order valence-corrected chi connectivity index (χ0v) is 19.9. The van der Waals surface area contributed by atoms with Crippen molar-refractivity contribution in [1.29, 1.82) is 5.26 Å². The van der Waals surface area contributed by atoms with Gasteiger partial charge in [0, 0.05) is 18.0 Å². The molecule has 0 bridgehead atoms. The van der Waals surface area contributed by atoms with Gasteiger partial charge in [0.15, 0.2) is 4.34 Å². The van der Waals surface area contributed by atoms with Gasteiger partial charge in [0.2, 0.25) is 11.0 Å². The Balaban J connectivity index is 1.39. The number of rotatable bonds is 8. The number of amides is 1. The lowest BCUT2D eigenvalue weighted by atomic mass is 10.2. The van der Waals surface area contributed by atoms with E-state index in [9.17, 15) is 14.4 Å². The van der Waals surface area contributed by atoms with Gasteiger partial charge >= 0.3 is 0 Å². The minimum absolute atomic E-state index is 0.0810. The molecule has 0 spiro atoms. The summed E-state index contributed by atoms with van der Waals surface area (Å²) in [5, 5.41) is 24.2. The van der Waals surface area contributed by atoms with E-state index < -0.39 is 0 Å². The monoisotopic (exact) mass is 486 g/mol. The van der Waals surface area contributed by atoms with Crippen LogP contribution in [0.3, 0.4) is 0 Å². The lowest BCUT2D eigenvalue weighted by molar-refractivity contribution is -0.113. The number of thioether (sulfide) groups is 1. The summed E-state index contributed by atoms with van der Waals surface area (Å²) in [5.74, 6) is 0.0434. The number of hydrogen-bond donors (Lipinski definition) is 2. The third kappa shape index (κ3) is 5.52. The highest BCUT2D eigenvalue weighted by atomic mass is 32.2. The van der Waals surface area contributed by atoms with Crippen LogP contribution in [0.15, 0.2) is 28.6 Å². The first-order chi connectivity index (χ1) is 15.9. The van der Waals surface area contributed by atoms with Gasteiger partial charge in [-0.25, -0.2) is 4.39 Å². The van der Waals surface area contributed by atoms with Crippen LogP contribution in [0.4, 0.5) is 21.0 Å². The molecule has 3 heterocycles. The van der Waals surface area contributed by atoms with Gasteiger partial charge in [-0.15, -0.1) is 10.2 Å². The molecule has 2 N–H and O–H groups in total. The van der Waals surface area contributed by atoms with E-state index in [1.165, 1.54) is 35.2 Å². The summed E-state index contributed by atoms with van der Waals surface area (Å²) in [7, 11) is 0. The molecule has 172 valence electrons. The van der Waals surface area contributed by atoms with Crippen LogP contribution in [0, 0.1) is 31.0 Å². The molecule has 0 radical (unpaired) electrons. The van der Waals surface area contributed by atoms with Crippen molar-refractivity contribution in [3.63, 3.8) is 0 Å². The first kappa shape index (κ1) is 23.2. The Kier molecular flexibility index (Phi) is 7.27. The Bertz CT molecular complexity index is 1200. The highest BCUT2D eigenvalue weighted by molar-refractivity contribution is 8.01. The molecule has 8 nitrogen and oxygen atoms in total. The molecule has 0 aliphatic carbocycles. The molecule has 1 aromatic carbocycles. The standard InChI is InChI=1S/C22H23FN6O2S2/c1-13-14(2)29(11-17-7-4-8-31-17)20(18(13)10-24)26-19(30)12-32-22-28-27-21(33-22)25-16-6-3-5-15(23)9-16/h3,5-6,9,17H,4,7-8,11-12H2,1-2H3,(H,25,27)(H,26,30). The number of nitrogens with zero attached hydrogens (tertiary/aromatic N) is 4. The summed E-state index contributed by atoms with van der Waals surface area (Å²) in [6.45, 7) is 5.18. The second-order valence-electron chi connectivity index (χ2n) is 7.64. The summed E-state index contributed by atoms with van der Waals surface area (Å²) >= 11 is 2.52. The maximum atomic E-state index is 13.3. The first-order valence-electron chi connectivity index (χ1n) is 10.4. The molecule has 2 aromatic heterocycles. The quantitative estimate of drug-likeness (QED) is 0.448. The molecule has 3 aromatic rings. The van der Waals surface area contributed by atoms with E-state index in [0.717, 1.165) is 30.7 Å². The van der Waals surface area contributed by atoms with Crippen molar-refractivity contribution >= 4 is 45.6 Å². The van der Waals surface area contributed by atoms with Gasteiger partial charge in [-0.2, -0.15) is 5.26 Å². The normalized spacial score (nSPS) is 15.4.